The van der Waals surface area contributed by atoms with Crippen molar-refractivity contribution in [3.8, 4) is 17.2 Å². The molecule has 0 saturated heterocycles. The number of methoxy groups -OCH3 is 1. The molecule has 0 radical (unpaired) electrons. The number of Topliss-reactive ketones (excluding diaryl/α,β-unsaturated/α-hetero) is 1. The maximum Gasteiger partial charge on any atom is 0.239 e. The summed E-state index contributed by atoms with van der Waals surface area (Å²) in [5.74, 6) is 1.74. The Morgan fingerprint density at radius 3 is 2.88 bits per heavy atom. The summed E-state index contributed by atoms with van der Waals surface area (Å²) in [5.41, 5.74) is 1.88. The van der Waals surface area contributed by atoms with Gasteiger partial charge in [0.15, 0.2) is 11.9 Å². The number of carbonyl (C=O) groups excluding carboxylic acids is 1. The molecule has 0 spiro atoms. The van der Waals surface area contributed by atoms with Crippen molar-refractivity contribution in [1.82, 2.24) is 9.55 Å². The molecule has 0 N–H and O–H groups in total. The minimum atomic E-state index is -0.558. The molecule has 1 aliphatic rings. The number of hydrogen-bond acceptors (Lipinski definition) is 4. The molecule has 3 aromatic rings. The maximum atomic E-state index is 12.9. The van der Waals surface area contributed by atoms with Gasteiger partial charge in [-0.15, -0.1) is 0 Å². The number of aromatic nitrogens is 2. The van der Waals surface area contributed by atoms with Gasteiger partial charge >= 0.3 is 0 Å². The normalized spacial score (nSPS) is 15.6. The molecule has 120 valence electrons. The molecule has 0 fully saturated rings. The van der Waals surface area contributed by atoms with E-state index in [0.29, 0.717) is 12.2 Å². The van der Waals surface area contributed by atoms with E-state index in [-0.39, 0.29) is 5.78 Å². The van der Waals surface area contributed by atoms with Gasteiger partial charge in [-0.05, 0) is 30.3 Å². The van der Waals surface area contributed by atoms with Crippen LogP contribution < -0.4 is 9.47 Å². The smallest absolute Gasteiger partial charge is 0.239 e. The average Bonchev–Trinajstić information content (AvgIpc) is 3.28. The van der Waals surface area contributed by atoms with E-state index in [1.807, 2.05) is 48.5 Å². The Labute approximate surface area is 139 Å². The largest absolute Gasteiger partial charge is 0.497 e. The zero-order valence-electron chi connectivity index (χ0n) is 13.2. The van der Waals surface area contributed by atoms with Crippen LogP contribution in [0.5, 0.6) is 11.5 Å². The first kappa shape index (κ1) is 14.5. The lowest BCUT2D eigenvalue weighted by Crippen LogP contribution is -2.28. The van der Waals surface area contributed by atoms with Gasteiger partial charge in [0.05, 0.1) is 7.11 Å². The fraction of sp³-hybridized carbons (Fsp3) is 0.158. The number of rotatable bonds is 4. The minimum absolute atomic E-state index is 0.126. The van der Waals surface area contributed by atoms with Crippen LogP contribution in [0.4, 0.5) is 0 Å². The first-order valence-electron chi connectivity index (χ1n) is 7.73. The molecule has 0 bridgehead atoms. The first-order chi connectivity index (χ1) is 11.8. The molecular formula is C19H16N2O3. The third-order valence-corrected chi connectivity index (χ3v) is 4.13. The molecule has 1 aromatic heterocycles. The number of imidazole rings is 1. The fourth-order valence-electron chi connectivity index (χ4n) is 2.92. The second-order valence-corrected chi connectivity index (χ2v) is 5.60. The maximum absolute atomic E-state index is 12.9. The third kappa shape index (κ3) is 2.44. The van der Waals surface area contributed by atoms with Crippen molar-refractivity contribution in [1.29, 1.82) is 0 Å². The lowest BCUT2D eigenvalue weighted by molar-refractivity contribution is 0.0812. The molecule has 1 aliphatic heterocycles. The number of para-hydroxylation sites is 1. The molecule has 5 nitrogen and oxygen atoms in total. The number of ether oxygens (including phenoxy) is 2. The first-order valence-corrected chi connectivity index (χ1v) is 7.73. The topological polar surface area (TPSA) is 53.3 Å². The Bertz CT molecular complexity index is 887. The summed E-state index contributed by atoms with van der Waals surface area (Å²) in [7, 11) is 1.62. The number of hydrogen-bond donors (Lipinski definition) is 0. The molecule has 2 aromatic carbocycles. The van der Waals surface area contributed by atoms with Gasteiger partial charge in [-0.3, -0.25) is 9.36 Å². The molecule has 5 heteroatoms. The number of benzene rings is 2. The van der Waals surface area contributed by atoms with Crippen LogP contribution in [0.15, 0.2) is 60.9 Å². The van der Waals surface area contributed by atoms with Gasteiger partial charge in [0.2, 0.25) is 5.78 Å². The van der Waals surface area contributed by atoms with Crippen molar-refractivity contribution in [3.63, 3.8) is 0 Å². The van der Waals surface area contributed by atoms with E-state index in [2.05, 4.69) is 4.98 Å². The minimum Gasteiger partial charge on any atom is -0.497 e. The van der Waals surface area contributed by atoms with Crippen LogP contribution in [-0.2, 0) is 6.42 Å². The molecule has 24 heavy (non-hydrogen) atoms. The summed E-state index contributed by atoms with van der Waals surface area (Å²) in [4.78, 5) is 17.1. The molecule has 0 amide bonds. The average molecular weight is 320 g/mol. The lowest BCUT2D eigenvalue weighted by atomic mass is 10.1. The number of ketones is 1. The Balaban J connectivity index is 1.61. The molecule has 0 saturated carbocycles. The molecule has 1 atom stereocenters. The lowest BCUT2D eigenvalue weighted by Gasteiger charge is -2.11. The monoisotopic (exact) mass is 320 g/mol. The van der Waals surface area contributed by atoms with Crippen LogP contribution >= 0.6 is 0 Å². The van der Waals surface area contributed by atoms with E-state index in [0.717, 1.165) is 22.7 Å². The van der Waals surface area contributed by atoms with Gasteiger partial charge in [0.25, 0.3) is 0 Å². The fourth-order valence-corrected chi connectivity index (χ4v) is 2.92. The summed E-state index contributed by atoms with van der Waals surface area (Å²) in [6.45, 7) is 0. The Morgan fingerprint density at radius 1 is 1.25 bits per heavy atom. The highest BCUT2D eigenvalue weighted by Gasteiger charge is 2.32. The number of nitrogens with zero attached hydrogens (tertiary/aromatic N) is 2. The van der Waals surface area contributed by atoms with Crippen LogP contribution in [-0.4, -0.2) is 28.5 Å². The van der Waals surface area contributed by atoms with E-state index < -0.39 is 6.10 Å². The standard InChI is InChI=1S/C19H16N2O3/c1-23-15-7-8-16-13(11-15)12-17(24-16)18(22)19-20-9-10-21(19)14-5-3-2-4-6-14/h2-11,17H,12H2,1H3/t17-/m1/s1. The molecule has 0 aliphatic carbocycles. The van der Waals surface area contributed by atoms with Gasteiger partial charge in [0, 0.05) is 30.1 Å². The zero-order chi connectivity index (χ0) is 16.5. The van der Waals surface area contributed by atoms with Crippen molar-refractivity contribution in [2.75, 3.05) is 7.11 Å². The molecule has 2 heterocycles. The van der Waals surface area contributed by atoms with Crippen LogP contribution in [0.25, 0.3) is 5.69 Å². The van der Waals surface area contributed by atoms with E-state index in [4.69, 9.17) is 9.47 Å². The summed E-state index contributed by atoms with van der Waals surface area (Å²) >= 11 is 0. The summed E-state index contributed by atoms with van der Waals surface area (Å²) in [6, 6.07) is 15.2. The molecule has 0 unspecified atom stereocenters. The van der Waals surface area contributed by atoms with Crippen molar-refractivity contribution < 1.29 is 14.3 Å². The van der Waals surface area contributed by atoms with Crippen molar-refractivity contribution in [3.05, 3.63) is 72.3 Å². The van der Waals surface area contributed by atoms with Gasteiger partial charge < -0.3 is 9.47 Å². The number of fused-ring (bicyclic) bond motifs is 1. The Morgan fingerprint density at radius 2 is 2.08 bits per heavy atom. The zero-order valence-corrected chi connectivity index (χ0v) is 13.2. The highest BCUT2D eigenvalue weighted by Crippen LogP contribution is 2.33. The molecular weight excluding hydrogens is 304 g/mol. The van der Waals surface area contributed by atoms with Crippen LogP contribution in [0.2, 0.25) is 0 Å². The third-order valence-electron chi connectivity index (χ3n) is 4.13. The predicted molar refractivity (Wildman–Crippen MR) is 89.0 cm³/mol. The van der Waals surface area contributed by atoms with E-state index in [1.54, 1.807) is 24.1 Å². The van der Waals surface area contributed by atoms with Crippen molar-refractivity contribution >= 4 is 5.78 Å². The quantitative estimate of drug-likeness (QED) is 0.693. The van der Waals surface area contributed by atoms with Gasteiger partial charge in [-0.25, -0.2) is 4.98 Å². The summed E-state index contributed by atoms with van der Waals surface area (Å²) in [5, 5.41) is 0. The molecule has 4 rings (SSSR count). The summed E-state index contributed by atoms with van der Waals surface area (Å²) in [6.07, 6.45) is 3.38. The van der Waals surface area contributed by atoms with E-state index in [9.17, 15) is 4.79 Å². The van der Waals surface area contributed by atoms with Crippen LogP contribution in [0.1, 0.15) is 16.2 Å². The van der Waals surface area contributed by atoms with Crippen molar-refractivity contribution in [2.24, 2.45) is 0 Å². The van der Waals surface area contributed by atoms with Crippen LogP contribution in [0, 0.1) is 0 Å². The highest BCUT2D eigenvalue weighted by molar-refractivity contribution is 5.98. The summed E-state index contributed by atoms with van der Waals surface area (Å²) < 4.78 is 12.8. The Hall–Kier alpha value is -3.08. The second kappa shape index (κ2) is 5.85. The van der Waals surface area contributed by atoms with Crippen LogP contribution in [0.3, 0.4) is 0 Å². The number of carbonyl (C=O) groups is 1. The van der Waals surface area contributed by atoms with Gasteiger partial charge in [-0.1, -0.05) is 18.2 Å². The second-order valence-electron chi connectivity index (χ2n) is 5.60. The van der Waals surface area contributed by atoms with Gasteiger partial charge in [-0.2, -0.15) is 0 Å². The van der Waals surface area contributed by atoms with E-state index in [1.165, 1.54) is 0 Å². The van der Waals surface area contributed by atoms with E-state index >= 15 is 0 Å². The van der Waals surface area contributed by atoms with Gasteiger partial charge in [0.1, 0.15) is 11.5 Å². The van der Waals surface area contributed by atoms with Crippen molar-refractivity contribution in [2.45, 2.75) is 12.5 Å². The predicted octanol–water partition coefficient (Wildman–Crippen LogP) is 3.07. The SMILES string of the molecule is COc1ccc2c(c1)C[C@H](C(=O)c1nccn1-c1ccccc1)O2. The highest BCUT2D eigenvalue weighted by atomic mass is 16.5. The Kier molecular flexibility index (Phi) is 3.54.